The standard InChI is InChI=1S/C13H26N2O/c1-6-11(10-7-8-10)14-9(2)12(16)15-13(3,4)5/h9-11,14H,6-8H2,1-5H3,(H,15,16). The third-order valence-corrected chi connectivity index (χ3v) is 2.99. The quantitative estimate of drug-likeness (QED) is 0.753. The summed E-state index contributed by atoms with van der Waals surface area (Å²) in [6.07, 6.45) is 3.75. The fourth-order valence-corrected chi connectivity index (χ4v) is 1.96. The van der Waals surface area contributed by atoms with Crippen LogP contribution in [0.3, 0.4) is 0 Å². The first-order valence-corrected chi connectivity index (χ1v) is 6.41. The minimum atomic E-state index is -0.145. The highest BCUT2D eigenvalue weighted by molar-refractivity contribution is 5.81. The molecule has 0 bridgehead atoms. The Morgan fingerprint density at radius 3 is 2.31 bits per heavy atom. The van der Waals surface area contributed by atoms with Gasteiger partial charge in [0.15, 0.2) is 0 Å². The zero-order valence-electron chi connectivity index (χ0n) is 11.3. The van der Waals surface area contributed by atoms with Gasteiger partial charge in [0.1, 0.15) is 0 Å². The number of amides is 1. The number of nitrogens with one attached hydrogen (secondary N) is 2. The molecule has 16 heavy (non-hydrogen) atoms. The second-order valence-electron chi connectivity index (χ2n) is 5.98. The van der Waals surface area contributed by atoms with Gasteiger partial charge >= 0.3 is 0 Å². The molecular weight excluding hydrogens is 200 g/mol. The molecule has 0 aromatic rings. The van der Waals surface area contributed by atoms with Crippen molar-refractivity contribution in [3.8, 4) is 0 Å². The average Bonchev–Trinajstić information content (AvgIpc) is 2.94. The average molecular weight is 226 g/mol. The van der Waals surface area contributed by atoms with Crippen molar-refractivity contribution in [2.24, 2.45) is 5.92 Å². The lowest BCUT2D eigenvalue weighted by Gasteiger charge is -2.26. The summed E-state index contributed by atoms with van der Waals surface area (Å²) in [4.78, 5) is 11.9. The van der Waals surface area contributed by atoms with E-state index in [0.717, 1.165) is 12.3 Å². The van der Waals surface area contributed by atoms with Crippen LogP contribution in [-0.2, 0) is 4.79 Å². The second kappa shape index (κ2) is 5.17. The molecule has 2 unspecified atom stereocenters. The Morgan fingerprint density at radius 1 is 1.38 bits per heavy atom. The topological polar surface area (TPSA) is 41.1 Å². The van der Waals surface area contributed by atoms with Crippen LogP contribution in [0, 0.1) is 5.92 Å². The highest BCUT2D eigenvalue weighted by atomic mass is 16.2. The molecule has 0 saturated heterocycles. The number of hydrogen-bond acceptors (Lipinski definition) is 2. The minimum Gasteiger partial charge on any atom is -0.350 e. The van der Waals surface area contributed by atoms with Crippen molar-refractivity contribution in [2.45, 2.75) is 71.5 Å². The first-order chi connectivity index (χ1) is 7.33. The highest BCUT2D eigenvalue weighted by Crippen LogP contribution is 2.34. The van der Waals surface area contributed by atoms with Crippen molar-refractivity contribution in [3.05, 3.63) is 0 Å². The Kier molecular flexibility index (Phi) is 4.36. The number of rotatable bonds is 5. The lowest BCUT2D eigenvalue weighted by molar-refractivity contribution is -0.124. The van der Waals surface area contributed by atoms with Crippen LogP contribution in [0.5, 0.6) is 0 Å². The fourth-order valence-electron chi connectivity index (χ4n) is 1.96. The van der Waals surface area contributed by atoms with Crippen molar-refractivity contribution in [1.82, 2.24) is 10.6 Å². The summed E-state index contributed by atoms with van der Waals surface area (Å²) in [5.74, 6) is 0.904. The molecule has 1 fully saturated rings. The molecule has 0 heterocycles. The number of carbonyl (C=O) groups is 1. The maximum atomic E-state index is 11.9. The Hall–Kier alpha value is -0.570. The van der Waals surface area contributed by atoms with Gasteiger partial charge in [-0.25, -0.2) is 0 Å². The van der Waals surface area contributed by atoms with Gasteiger partial charge in [-0.1, -0.05) is 6.92 Å². The molecule has 0 aromatic heterocycles. The SMILES string of the molecule is CCC(NC(C)C(=O)NC(C)(C)C)C1CC1. The third kappa shape index (κ3) is 4.52. The lowest BCUT2D eigenvalue weighted by atomic mass is 10.1. The highest BCUT2D eigenvalue weighted by Gasteiger charge is 2.32. The van der Waals surface area contributed by atoms with Crippen LogP contribution in [0.2, 0.25) is 0 Å². The minimum absolute atomic E-state index is 0.0928. The van der Waals surface area contributed by atoms with Crippen LogP contribution < -0.4 is 10.6 Å². The Bertz CT molecular complexity index is 241. The Labute approximate surface area is 99.4 Å². The van der Waals surface area contributed by atoms with E-state index in [9.17, 15) is 4.79 Å². The predicted molar refractivity (Wildman–Crippen MR) is 67.3 cm³/mol. The van der Waals surface area contributed by atoms with E-state index in [1.165, 1.54) is 12.8 Å². The van der Waals surface area contributed by atoms with Gasteiger partial charge in [-0.05, 0) is 52.9 Å². The van der Waals surface area contributed by atoms with E-state index in [-0.39, 0.29) is 17.5 Å². The van der Waals surface area contributed by atoms with Crippen molar-refractivity contribution in [2.75, 3.05) is 0 Å². The molecule has 0 aliphatic heterocycles. The van der Waals surface area contributed by atoms with E-state index < -0.39 is 0 Å². The summed E-state index contributed by atoms with van der Waals surface area (Å²) in [7, 11) is 0. The summed E-state index contributed by atoms with van der Waals surface area (Å²) < 4.78 is 0. The zero-order chi connectivity index (χ0) is 12.3. The van der Waals surface area contributed by atoms with E-state index >= 15 is 0 Å². The van der Waals surface area contributed by atoms with E-state index in [2.05, 4.69) is 17.6 Å². The van der Waals surface area contributed by atoms with Crippen LogP contribution in [0.15, 0.2) is 0 Å². The fraction of sp³-hybridized carbons (Fsp3) is 0.923. The van der Waals surface area contributed by atoms with Gasteiger partial charge < -0.3 is 10.6 Å². The van der Waals surface area contributed by atoms with Crippen molar-refractivity contribution in [1.29, 1.82) is 0 Å². The normalized spacial score (nSPS) is 20.3. The Morgan fingerprint density at radius 2 is 1.94 bits per heavy atom. The van der Waals surface area contributed by atoms with Gasteiger partial charge in [0.05, 0.1) is 6.04 Å². The maximum Gasteiger partial charge on any atom is 0.237 e. The molecule has 3 heteroatoms. The molecule has 3 nitrogen and oxygen atoms in total. The summed E-state index contributed by atoms with van der Waals surface area (Å²) in [5.41, 5.74) is -0.145. The summed E-state index contributed by atoms with van der Waals surface area (Å²) in [6, 6.07) is 0.422. The van der Waals surface area contributed by atoms with Gasteiger partial charge in [-0.15, -0.1) is 0 Å². The molecule has 0 spiro atoms. The molecule has 0 radical (unpaired) electrons. The molecule has 1 amide bonds. The molecular formula is C13H26N2O. The molecule has 94 valence electrons. The van der Waals surface area contributed by atoms with Crippen LogP contribution in [0.1, 0.15) is 53.9 Å². The first-order valence-electron chi connectivity index (χ1n) is 6.41. The monoisotopic (exact) mass is 226 g/mol. The van der Waals surface area contributed by atoms with E-state index in [0.29, 0.717) is 6.04 Å². The van der Waals surface area contributed by atoms with Gasteiger partial charge in [-0.3, -0.25) is 4.79 Å². The van der Waals surface area contributed by atoms with E-state index in [4.69, 9.17) is 0 Å². The van der Waals surface area contributed by atoms with Gasteiger partial charge in [0.2, 0.25) is 5.91 Å². The zero-order valence-corrected chi connectivity index (χ0v) is 11.3. The van der Waals surface area contributed by atoms with Gasteiger partial charge in [0.25, 0.3) is 0 Å². The van der Waals surface area contributed by atoms with Crippen molar-refractivity contribution < 1.29 is 4.79 Å². The first kappa shape index (κ1) is 13.5. The van der Waals surface area contributed by atoms with Crippen LogP contribution in [0.4, 0.5) is 0 Å². The summed E-state index contributed by atoms with van der Waals surface area (Å²) in [5, 5.41) is 6.45. The smallest absolute Gasteiger partial charge is 0.237 e. The second-order valence-corrected chi connectivity index (χ2v) is 5.98. The van der Waals surface area contributed by atoms with E-state index in [1.807, 2.05) is 27.7 Å². The van der Waals surface area contributed by atoms with Crippen LogP contribution in [-0.4, -0.2) is 23.5 Å². The predicted octanol–water partition coefficient (Wildman–Crippen LogP) is 2.07. The molecule has 2 atom stereocenters. The summed E-state index contributed by atoms with van der Waals surface area (Å²) >= 11 is 0. The van der Waals surface area contributed by atoms with Crippen LogP contribution in [0.25, 0.3) is 0 Å². The van der Waals surface area contributed by atoms with E-state index in [1.54, 1.807) is 0 Å². The molecule has 1 aliphatic carbocycles. The Balaban J connectivity index is 2.38. The number of carbonyl (C=O) groups excluding carboxylic acids is 1. The molecule has 0 aromatic carbocycles. The lowest BCUT2D eigenvalue weighted by Crippen LogP contribution is -2.52. The van der Waals surface area contributed by atoms with Crippen LogP contribution >= 0.6 is 0 Å². The summed E-state index contributed by atoms with van der Waals surface area (Å²) in [6.45, 7) is 10.2. The molecule has 1 aliphatic rings. The largest absolute Gasteiger partial charge is 0.350 e. The molecule has 2 N–H and O–H groups in total. The van der Waals surface area contributed by atoms with Gasteiger partial charge in [0, 0.05) is 11.6 Å². The number of hydrogen-bond donors (Lipinski definition) is 2. The molecule has 1 rings (SSSR count). The maximum absolute atomic E-state index is 11.9. The van der Waals surface area contributed by atoms with Gasteiger partial charge in [-0.2, -0.15) is 0 Å². The van der Waals surface area contributed by atoms with Crippen molar-refractivity contribution >= 4 is 5.91 Å². The third-order valence-electron chi connectivity index (χ3n) is 2.99. The van der Waals surface area contributed by atoms with Crippen molar-refractivity contribution in [3.63, 3.8) is 0 Å². The molecule has 1 saturated carbocycles.